The number of carbonyl (C=O) groups excluding carboxylic acids is 1. The maximum Gasteiger partial charge on any atom is 0.202 e. The lowest BCUT2D eigenvalue weighted by molar-refractivity contribution is 0.0806. The van der Waals surface area contributed by atoms with E-state index in [1.807, 2.05) is 29.6 Å². The molecule has 2 heterocycles. The third-order valence-electron chi connectivity index (χ3n) is 3.74. The Morgan fingerprint density at radius 1 is 1.58 bits per heavy atom. The summed E-state index contributed by atoms with van der Waals surface area (Å²) in [5.41, 5.74) is 0. The van der Waals surface area contributed by atoms with E-state index in [-0.39, 0.29) is 11.7 Å². The van der Waals surface area contributed by atoms with Gasteiger partial charge in [0.2, 0.25) is 5.78 Å². The van der Waals surface area contributed by atoms with Gasteiger partial charge < -0.3 is 9.47 Å². The maximum atomic E-state index is 12.4. The minimum absolute atomic E-state index is 0.129. The molecule has 0 radical (unpaired) electrons. The number of aryl methyl sites for hydroxylation is 1. The zero-order chi connectivity index (χ0) is 13.7. The molecule has 1 aliphatic heterocycles. The molecule has 1 atom stereocenters. The van der Waals surface area contributed by atoms with Crippen molar-refractivity contribution in [3.05, 3.63) is 18.2 Å². The largest absolute Gasteiger partial charge is 0.332 e. The molecule has 0 saturated carbocycles. The minimum atomic E-state index is 0.129. The Morgan fingerprint density at radius 2 is 2.42 bits per heavy atom. The first-order chi connectivity index (χ1) is 9.22. The number of hydrogen-bond acceptors (Lipinski definition) is 4. The summed E-state index contributed by atoms with van der Waals surface area (Å²) in [6, 6.07) is 0. The normalized spacial score (nSPS) is 20.6. The van der Waals surface area contributed by atoms with Gasteiger partial charge in [-0.25, -0.2) is 4.98 Å². The van der Waals surface area contributed by atoms with Crippen molar-refractivity contribution in [3.63, 3.8) is 0 Å². The molecule has 2 rings (SSSR count). The van der Waals surface area contributed by atoms with Crippen molar-refractivity contribution in [2.75, 3.05) is 31.6 Å². The predicted molar refractivity (Wildman–Crippen MR) is 79.7 cm³/mol. The molecule has 106 valence electrons. The van der Waals surface area contributed by atoms with Crippen LogP contribution in [-0.4, -0.2) is 51.9 Å². The molecule has 0 bridgehead atoms. The maximum absolute atomic E-state index is 12.4. The quantitative estimate of drug-likeness (QED) is 0.591. The van der Waals surface area contributed by atoms with E-state index in [1.165, 1.54) is 12.2 Å². The highest BCUT2D eigenvalue weighted by Crippen LogP contribution is 2.20. The van der Waals surface area contributed by atoms with Crippen LogP contribution >= 0.6 is 11.8 Å². The van der Waals surface area contributed by atoms with Gasteiger partial charge in [0.15, 0.2) is 5.82 Å². The SMILES string of the molecule is CSCCCN1CCCC(C(=O)c2nccn2C)C1. The molecule has 0 spiro atoms. The highest BCUT2D eigenvalue weighted by molar-refractivity contribution is 7.98. The lowest BCUT2D eigenvalue weighted by Gasteiger charge is -2.31. The summed E-state index contributed by atoms with van der Waals surface area (Å²) in [7, 11) is 1.89. The van der Waals surface area contributed by atoms with Gasteiger partial charge in [0.1, 0.15) is 0 Å². The van der Waals surface area contributed by atoms with E-state index in [4.69, 9.17) is 0 Å². The summed E-state index contributed by atoms with van der Waals surface area (Å²) >= 11 is 1.89. The molecule has 1 aromatic rings. The zero-order valence-electron chi connectivity index (χ0n) is 11.8. The monoisotopic (exact) mass is 281 g/mol. The van der Waals surface area contributed by atoms with Gasteiger partial charge in [-0.2, -0.15) is 11.8 Å². The summed E-state index contributed by atoms with van der Waals surface area (Å²) in [5.74, 6) is 2.15. The Hall–Kier alpha value is -0.810. The standard InChI is InChI=1S/C14H23N3OS/c1-16-9-6-15-14(16)13(18)12-5-3-7-17(11-12)8-4-10-19-2/h6,9,12H,3-5,7-8,10-11H2,1-2H3. The van der Waals surface area contributed by atoms with Crippen LogP contribution in [0.1, 0.15) is 29.9 Å². The van der Waals surface area contributed by atoms with Crippen molar-refractivity contribution < 1.29 is 4.79 Å². The Labute approximate surface area is 119 Å². The minimum Gasteiger partial charge on any atom is -0.332 e. The number of imidazole rings is 1. The molecule has 5 heteroatoms. The number of piperidine rings is 1. The van der Waals surface area contributed by atoms with E-state index in [0.29, 0.717) is 5.82 Å². The number of thioether (sulfide) groups is 1. The number of ketones is 1. The van der Waals surface area contributed by atoms with E-state index in [2.05, 4.69) is 16.1 Å². The van der Waals surface area contributed by atoms with Gasteiger partial charge in [0, 0.05) is 31.9 Å². The molecule has 4 nitrogen and oxygen atoms in total. The van der Waals surface area contributed by atoms with Gasteiger partial charge >= 0.3 is 0 Å². The van der Waals surface area contributed by atoms with Crippen LogP contribution in [0.15, 0.2) is 12.4 Å². The van der Waals surface area contributed by atoms with Crippen molar-refractivity contribution in [1.29, 1.82) is 0 Å². The van der Waals surface area contributed by atoms with Gasteiger partial charge in [-0.05, 0) is 44.4 Å². The van der Waals surface area contributed by atoms with E-state index in [9.17, 15) is 4.79 Å². The summed E-state index contributed by atoms with van der Waals surface area (Å²) < 4.78 is 1.83. The molecule has 0 N–H and O–H groups in total. The third-order valence-corrected chi connectivity index (χ3v) is 4.44. The molecule has 0 aromatic carbocycles. The van der Waals surface area contributed by atoms with Crippen LogP contribution in [-0.2, 0) is 7.05 Å². The van der Waals surface area contributed by atoms with Crippen LogP contribution in [0.3, 0.4) is 0 Å². The predicted octanol–water partition coefficient (Wildman–Crippen LogP) is 2.07. The molecule has 0 amide bonds. The van der Waals surface area contributed by atoms with Crippen LogP contribution in [0.25, 0.3) is 0 Å². The first-order valence-corrected chi connectivity index (χ1v) is 8.34. The van der Waals surface area contributed by atoms with Crippen molar-refractivity contribution in [2.45, 2.75) is 19.3 Å². The van der Waals surface area contributed by atoms with Crippen molar-refractivity contribution in [3.8, 4) is 0 Å². The highest BCUT2D eigenvalue weighted by Gasteiger charge is 2.28. The molecular formula is C14H23N3OS. The number of rotatable bonds is 6. The fourth-order valence-corrected chi connectivity index (χ4v) is 3.11. The van der Waals surface area contributed by atoms with E-state index >= 15 is 0 Å². The topological polar surface area (TPSA) is 38.1 Å². The van der Waals surface area contributed by atoms with Gasteiger partial charge in [-0.1, -0.05) is 0 Å². The molecule has 1 unspecified atom stereocenters. The highest BCUT2D eigenvalue weighted by atomic mass is 32.2. The number of nitrogens with zero attached hydrogens (tertiary/aromatic N) is 3. The van der Waals surface area contributed by atoms with Gasteiger partial charge in [0.05, 0.1) is 0 Å². The van der Waals surface area contributed by atoms with Crippen LogP contribution < -0.4 is 0 Å². The number of carbonyl (C=O) groups is 1. The van der Waals surface area contributed by atoms with Gasteiger partial charge in [0.25, 0.3) is 0 Å². The second-order valence-electron chi connectivity index (χ2n) is 5.21. The van der Waals surface area contributed by atoms with Crippen LogP contribution in [0.4, 0.5) is 0 Å². The molecule has 19 heavy (non-hydrogen) atoms. The first-order valence-electron chi connectivity index (χ1n) is 6.95. The fourth-order valence-electron chi connectivity index (χ4n) is 2.69. The molecular weight excluding hydrogens is 258 g/mol. The first kappa shape index (κ1) is 14.6. The van der Waals surface area contributed by atoms with Crippen LogP contribution in [0.5, 0.6) is 0 Å². The zero-order valence-corrected chi connectivity index (χ0v) is 12.7. The van der Waals surface area contributed by atoms with Crippen LogP contribution in [0, 0.1) is 5.92 Å². The van der Waals surface area contributed by atoms with E-state index < -0.39 is 0 Å². The molecule has 1 fully saturated rings. The van der Waals surface area contributed by atoms with Crippen LogP contribution in [0.2, 0.25) is 0 Å². The Balaban J connectivity index is 1.90. The fraction of sp³-hybridized carbons (Fsp3) is 0.714. The number of likely N-dealkylation sites (tertiary alicyclic amines) is 1. The lowest BCUT2D eigenvalue weighted by atomic mass is 9.93. The second kappa shape index (κ2) is 7.10. The van der Waals surface area contributed by atoms with E-state index in [0.717, 1.165) is 32.5 Å². The van der Waals surface area contributed by atoms with Crippen molar-refractivity contribution in [1.82, 2.24) is 14.5 Å². The number of aromatic nitrogens is 2. The average molecular weight is 281 g/mol. The second-order valence-corrected chi connectivity index (χ2v) is 6.20. The Morgan fingerprint density at radius 3 is 3.11 bits per heavy atom. The average Bonchev–Trinajstić information content (AvgIpc) is 2.85. The number of hydrogen-bond donors (Lipinski definition) is 0. The van der Waals surface area contributed by atoms with E-state index in [1.54, 1.807) is 6.20 Å². The smallest absolute Gasteiger partial charge is 0.202 e. The Bertz CT molecular complexity index is 419. The Kier molecular flexibility index (Phi) is 5.45. The van der Waals surface area contributed by atoms with Crippen molar-refractivity contribution in [2.24, 2.45) is 13.0 Å². The lowest BCUT2D eigenvalue weighted by Crippen LogP contribution is -2.39. The summed E-state index contributed by atoms with van der Waals surface area (Å²) in [5, 5.41) is 0. The van der Waals surface area contributed by atoms with Gasteiger partial charge in [-0.15, -0.1) is 0 Å². The molecule has 1 aromatic heterocycles. The molecule has 1 saturated heterocycles. The number of Topliss-reactive ketones (excluding diaryl/α,β-unsaturated/α-hetero) is 1. The third kappa shape index (κ3) is 3.83. The molecule has 1 aliphatic rings. The van der Waals surface area contributed by atoms with Gasteiger partial charge in [-0.3, -0.25) is 4.79 Å². The summed E-state index contributed by atoms with van der Waals surface area (Å²) in [4.78, 5) is 19.1. The summed E-state index contributed by atoms with van der Waals surface area (Å²) in [6.07, 6.45) is 9.03. The molecule has 0 aliphatic carbocycles. The van der Waals surface area contributed by atoms with Crippen molar-refractivity contribution >= 4 is 17.5 Å². The summed E-state index contributed by atoms with van der Waals surface area (Å²) in [6.45, 7) is 3.16.